The van der Waals surface area contributed by atoms with Crippen LogP contribution in [0, 0.1) is 5.82 Å². The van der Waals surface area contributed by atoms with E-state index in [2.05, 4.69) is 15.6 Å². The summed E-state index contributed by atoms with van der Waals surface area (Å²) in [5.41, 5.74) is -0.326. The number of benzene rings is 1. The molecule has 1 saturated heterocycles. The van der Waals surface area contributed by atoms with Gasteiger partial charge in [0.1, 0.15) is 18.1 Å². The minimum absolute atomic E-state index is 0.00961. The molecule has 2 amide bonds. The van der Waals surface area contributed by atoms with Crippen molar-refractivity contribution in [3.63, 3.8) is 0 Å². The predicted molar refractivity (Wildman–Crippen MR) is 161 cm³/mol. The lowest BCUT2D eigenvalue weighted by Gasteiger charge is -2.40. The molecule has 3 aromatic rings. The second-order valence-electron chi connectivity index (χ2n) is 11.0. The van der Waals surface area contributed by atoms with Gasteiger partial charge in [-0.15, -0.1) is 0 Å². The average Bonchev–Trinajstić information content (AvgIpc) is 3.29. The van der Waals surface area contributed by atoms with Crippen LogP contribution in [0.4, 0.5) is 28.9 Å². The molecule has 2 aromatic heterocycles. The van der Waals surface area contributed by atoms with E-state index in [1.807, 2.05) is 19.0 Å². The molecule has 2 aliphatic rings. The number of hydrogen-bond donors (Lipinski definition) is 2. The average molecular weight is 661 g/mol. The minimum Gasteiger partial charge on any atom is -0.492 e. The van der Waals surface area contributed by atoms with E-state index in [4.69, 9.17) is 14.3 Å². The Bertz CT molecular complexity index is 1710. The fourth-order valence-electron chi connectivity index (χ4n) is 5.25. The lowest BCUT2D eigenvalue weighted by Crippen LogP contribution is -2.53. The van der Waals surface area contributed by atoms with Crippen molar-refractivity contribution in [3.8, 4) is 22.8 Å². The number of ether oxygens (including phenoxy) is 2. The van der Waals surface area contributed by atoms with E-state index in [-0.39, 0.29) is 76.9 Å². The summed E-state index contributed by atoms with van der Waals surface area (Å²) in [7, 11) is 4.98. The van der Waals surface area contributed by atoms with Gasteiger partial charge in [-0.3, -0.25) is 14.6 Å². The van der Waals surface area contributed by atoms with Gasteiger partial charge in [-0.05, 0) is 38.7 Å². The van der Waals surface area contributed by atoms with Gasteiger partial charge in [0.05, 0.1) is 42.0 Å². The quantitative estimate of drug-likeness (QED) is 0.235. The van der Waals surface area contributed by atoms with Crippen LogP contribution in [0.25, 0.3) is 11.3 Å². The molecule has 250 valence electrons. The first-order valence-electron chi connectivity index (χ1n) is 14.5. The Morgan fingerprint density at radius 3 is 2.70 bits per heavy atom. The number of pyridine rings is 1. The van der Waals surface area contributed by atoms with Gasteiger partial charge in [0, 0.05) is 43.9 Å². The lowest BCUT2D eigenvalue weighted by atomic mass is 10.0. The molecule has 2 N–H and O–H groups in total. The van der Waals surface area contributed by atoms with Crippen molar-refractivity contribution in [1.29, 1.82) is 0 Å². The van der Waals surface area contributed by atoms with E-state index in [1.54, 1.807) is 11.0 Å². The maximum atomic E-state index is 14.7. The van der Waals surface area contributed by atoms with Crippen molar-refractivity contribution in [1.82, 2.24) is 24.8 Å². The summed E-state index contributed by atoms with van der Waals surface area (Å²) in [6.07, 6.45) is 1.14. The van der Waals surface area contributed by atoms with E-state index in [0.717, 1.165) is 6.07 Å². The van der Waals surface area contributed by atoms with Crippen LogP contribution in [-0.2, 0) is 16.0 Å². The van der Waals surface area contributed by atoms with Crippen LogP contribution < -0.4 is 24.9 Å². The monoisotopic (exact) mass is 660 g/mol. The number of halogens is 4. The van der Waals surface area contributed by atoms with Gasteiger partial charge in [-0.1, -0.05) is 12.1 Å². The summed E-state index contributed by atoms with van der Waals surface area (Å²) >= 11 is 0. The molecular weight excluding hydrogens is 628 g/mol. The summed E-state index contributed by atoms with van der Waals surface area (Å²) in [5.74, 6) is -4.31. The van der Waals surface area contributed by atoms with E-state index >= 15 is 0 Å². The molecule has 16 heteroatoms. The first kappa shape index (κ1) is 33.2. The number of amides is 2. The number of nitrogens with one attached hydrogen (secondary N) is 2. The molecule has 2 aliphatic heterocycles. The number of hydrogen-bond acceptors (Lipinski definition) is 9. The molecule has 0 bridgehead atoms. The van der Waals surface area contributed by atoms with Crippen molar-refractivity contribution in [2.24, 2.45) is 0 Å². The first-order valence-corrected chi connectivity index (χ1v) is 14.5. The number of nitrogens with zero attached hydrogens (tertiary/aromatic N) is 4. The van der Waals surface area contributed by atoms with Gasteiger partial charge in [0.15, 0.2) is 11.6 Å². The second kappa shape index (κ2) is 13.7. The third kappa shape index (κ3) is 7.01. The zero-order chi connectivity index (χ0) is 33.9. The third-order valence-corrected chi connectivity index (χ3v) is 7.56. The number of aromatic nitrogens is 2. The van der Waals surface area contributed by atoms with Crippen LogP contribution in [0.3, 0.4) is 0 Å². The smallest absolute Gasteiger partial charge is 0.492 e. The third-order valence-electron chi connectivity index (χ3n) is 7.56. The molecule has 1 atom stereocenters. The molecule has 4 heterocycles. The van der Waals surface area contributed by atoms with E-state index in [0.29, 0.717) is 24.2 Å². The minimum atomic E-state index is -5.37. The number of carbonyl (C=O) groups is 3. The maximum absolute atomic E-state index is 14.7. The lowest BCUT2D eigenvalue weighted by molar-refractivity contribution is -0.199. The van der Waals surface area contributed by atoms with Gasteiger partial charge in [-0.25, -0.2) is 9.18 Å². The first-order chi connectivity index (χ1) is 22.4. The summed E-state index contributed by atoms with van der Waals surface area (Å²) in [6, 6.07) is 5.06. The normalized spacial score (nSPS) is 16.0. The number of carbonyl (C=O) groups excluding carboxylic acids is 3. The van der Waals surface area contributed by atoms with Crippen molar-refractivity contribution in [3.05, 3.63) is 65.9 Å². The SMILES string of the molecule is COc1c(F)cccc1Nc1c2c(n(OC(=O)C(F)(F)F)c1-c1ccncc1OC[C@@H]1CCN1C(=O)/C=C/CN(C)C)CCNC2=O. The van der Waals surface area contributed by atoms with Gasteiger partial charge in [0.2, 0.25) is 5.91 Å². The Morgan fingerprint density at radius 2 is 2.02 bits per heavy atom. The van der Waals surface area contributed by atoms with Gasteiger partial charge < -0.3 is 34.7 Å². The number of likely N-dealkylation sites (tertiary alicyclic amines) is 1. The highest BCUT2D eigenvalue weighted by atomic mass is 19.4. The molecule has 1 aromatic carbocycles. The van der Waals surface area contributed by atoms with Crippen molar-refractivity contribution in [2.45, 2.75) is 25.1 Å². The number of alkyl halides is 3. The molecule has 0 saturated carbocycles. The molecule has 0 unspecified atom stereocenters. The standard InChI is InChI=1S/C31H32F4N6O6/c1-39(2)14-5-8-24(42)40-15-11-18(40)17-46-23-16-36-12-9-19(23)27-26(38-21-7-4-6-20(32)28(21)45-3)25-22(10-13-37-29(25)43)41(27)47-30(44)31(33,34)35/h4-9,12,16,18,38H,10-11,13-15,17H2,1-3H3,(H,37,43)/b8-5+/t18-/m0/s1. The Morgan fingerprint density at radius 1 is 1.23 bits per heavy atom. The molecule has 1 fully saturated rings. The van der Waals surface area contributed by atoms with Gasteiger partial charge in [-0.2, -0.15) is 17.9 Å². The number of methoxy groups -OCH3 is 1. The largest absolute Gasteiger partial charge is 0.493 e. The number of para-hydroxylation sites is 1. The number of likely N-dealkylation sites (N-methyl/N-ethyl adjacent to an activating group) is 1. The maximum Gasteiger partial charge on any atom is 0.493 e. The van der Waals surface area contributed by atoms with Gasteiger partial charge in [0.25, 0.3) is 5.91 Å². The van der Waals surface area contributed by atoms with E-state index < -0.39 is 23.9 Å². The van der Waals surface area contributed by atoms with E-state index in [9.17, 15) is 31.9 Å². The van der Waals surface area contributed by atoms with E-state index in [1.165, 1.54) is 43.8 Å². The van der Waals surface area contributed by atoms with Crippen molar-refractivity contribution >= 4 is 29.2 Å². The summed E-state index contributed by atoms with van der Waals surface area (Å²) in [6.45, 7) is 1.14. The van der Waals surface area contributed by atoms with Crippen LogP contribution >= 0.6 is 0 Å². The molecule has 5 rings (SSSR count). The molecule has 0 aliphatic carbocycles. The fraction of sp³-hybridized carbons (Fsp3) is 0.355. The summed E-state index contributed by atoms with van der Waals surface area (Å²) in [4.78, 5) is 50.7. The highest BCUT2D eigenvalue weighted by Gasteiger charge is 2.44. The zero-order valence-corrected chi connectivity index (χ0v) is 25.7. The van der Waals surface area contributed by atoms with Crippen LogP contribution in [0.5, 0.6) is 11.5 Å². The highest BCUT2D eigenvalue weighted by Crippen LogP contribution is 2.44. The van der Waals surface area contributed by atoms with Crippen molar-refractivity contribution in [2.75, 3.05) is 52.8 Å². The molecule has 0 spiro atoms. The molecule has 0 radical (unpaired) electrons. The molecular formula is C31H32F4N6O6. The summed E-state index contributed by atoms with van der Waals surface area (Å²) < 4.78 is 67.1. The highest BCUT2D eigenvalue weighted by molar-refractivity contribution is 6.07. The van der Waals surface area contributed by atoms with Crippen molar-refractivity contribution < 1.29 is 46.3 Å². The number of anilines is 2. The predicted octanol–water partition coefficient (Wildman–Crippen LogP) is 3.34. The zero-order valence-electron chi connectivity index (χ0n) is 25.7. The topological polar surface area (TPSA) is 127 Å². The number of fused-ring (bicyclic) bond motifs is 1. The molecule has 47 heavy (non-hydrogen) atoms. The summed E-state index contributed by atoms with van der Waals surface area (Å²) in [5, 5.41) is 5.56. The van der Waals surface area contributed by atoms with Crippen LogP contribution in [0.15, 0.2) is 48.8 Å². The Hall–Kier alpha value is -5.12. The molecule has 12 nitrogen and oxygen atoms in total. The number of rotatable bonds is 11. The Balaban J connectivity index is 1.58. The Kier molecular flexibility index (Phi) is 9.69. The van der Waals surface area contributed by atoms with Crippen LogP contribution in [0.2, 0.25) is 0 Å². The second-order valence-corrected chi connectivity index (χ2v) is 11.0. The fourth-order valence-corrected chi connectivity index (χ4v) is 5.25. The Labute approximate surface area is 266 Å². The van der Waals surface area contributed by atoms with Crippen LogP contribution in [-0.4, -0.2) is 97.0 Å². The van der Waals surface area contributed by atoms with Gasteiger partial charge >= 0.3 is 12.1 Å². The van der Waals surface area contributed by atoms with Crippen LogP contribution in [0.1, 0.15) is 22.5 Å².